The first kappa shape index (κ1) is 20.9. The van der Waals surface area contributed by atoms with Crippen molar-refractivity contribution in [2.75, 3.05) is 6.54 Å². The van der Waals surface area contributed by atoms with Crippen molar-refractivity contribution >= 4 is 23.1 Å². The van der Waals surface area contributed by atoms with Crippen LogP contribution in [0.1, 0.15) is 47.8 Å². The van der Waals surface area contributed by atoms with Crippen LogP contribution in [0.3, 0.4) is 0 Å². The fraction of sp³-hybridized carbons (Fsp3) is 0.250. The van der Waals surface area contributed by atoms with Crippen LogP contribution in [0.2, 0.25) is 5.02 Å². The molecule has 0 radical (unpaired) electrons. The van der Waals surface area contributed by atoms with E-state index in [-0.39, 0.29) is 11.6 Å². The Morgan fingerprint density at radius 2 is 1.97 bits per heavy atom. The molecule has 0 saturated carbocycles. The highest BCUT2D eigenvalue weighted by molar-refractivity contribution is 6.30. The smallest absolute Gasteiger partial charge is 0.273 e. The van der Waals surface area contributed by atoms with E-state index in [9.17, 15) is 4.79 Å². The van der Waals surface area contributed by atoms with Gasteiger partial charge in [-0.25, -0.2) is 0 Å². The Hall–Kier alpha value is -2.85. The van der Waals surface area contributed by atoms with Crippen LogP contribution in [0.5, 0.6) is 0 Å². The van der Waals surface area contributed by atoms with Gasteiger partial charge >= 0.3 is 0 Å². The maximum absolute atomic E-state index is 12.5. The average Bonchev–Trinajstić information content (AvgIpc) is 3.23. The molecule has 0 atom stereocenters. The SMILES string of the molecule is CCC/C=C(/CCNC(=O)c1cc(-c2ccccc2)on1)c1cc(Cl)ccc1C. The van der Waals surface area contributed by atoms with Crippen molar-refractivity contribution in [3.8, 4) is 11.3 Å². The van der Waals surface area contributed by atoms with Crippen molar-refractivity contribution in [2.24, 2.45) is 0 Å². The number of hydrogen-bond acceptors (Lipinski definition) is 3. The lowest BCUT2D eigenvalue weighted by Gasteiger charge is -2.12. The minimum atomic E-state index is -0.242. The Morgan fingerprint density at radius 3 is 2.72 bits per heavy atom. The van der Waals surface area contributed by atoms with Gasteiger partial charge in [0.05, 0.1) is 0 Å². The second-order valence-corrected chi connectivity index (χ2v) is 7.36. The molecule has 4 nitrogen and oxygen atoms in total. The van der Waals surface area contributed by atoms with Crippen LogP contribution < -0.4 is 5.32 Å². The lowest BCUT2D eigenvalue weighted by atomic mass is 9.96. The quantitative estimate of drug-likeness (QED) is 0.475. The van der Waals surface area contributed by atoms with E-state index in [0.717, 1.165) is 30.4 Å². The number of aryl methyl sites for hydroxylation is 1. The van der Waals surface area contributed by atoms with Crippen LogP contribution in [-0.2, 0) is 0 Å². The normalized spacial score (nSPS) is 11.5. The van der Waals surface area contributed by atoms with Gasteiger partial charge in [-0.3, -0.25) is 4.79 Å². The van der Waals surface area contributed by atoms with E-state index in [0.29, 0.717) is 17.3 Å². The Morgan fingerprint density at radius 1 is 1.17 bits per heavy atom. The molecule has 1 heterocycles. The maximum atomic E-state index is 12.5. The minimum absolute atomic E-state index is 0.242. The highest BCUT2D eigenvalue weighted by atomic mass is 35.5. The number of carbonyl (C=O) groups is 1. The Balaban J connectivity index is 1.64. The molecular weight excluding hydrogens is 384 g/mol. The molecule has 0 aliphatic heterocycles. The van der Waals surface area contributed by atoms with E-state index < -0.39 is 0 Å². The van der Waals surface area contributed by atoms with Gasteiger partial charge in [0.15, 0.2) is 11.5 Å². The largest absolute Gasteiger partial charge is 0.355 e. The maximum Gasteiger partial charge on any atom is 0.273 e. The van der Waals surface area contributed by atoms with Crippen molar-refractivity contribution < 1.29 is 9.32 Å². The fourth-order valence-corrected chi connectivity index (χ4v) is 3.30. The molecule has 2 aromatic carbocycles. The van der Waals surface area contributed by atoms with Gasteiger partial charge < -0.3 is 9.84 Å². The van der Waals surface area contributed by atoms with Crippen LogP contribution in [0.15, 0.2) is 65.2 Å². The molecule has 0 aliphatic rings. The second kappa shape index (κ2) is 10.1. The summed E-state index contributed by atoms with van der Waals surface area (Å²) in [5.74, 6) is 0.336. The number of amides is 1. The number of aromatic nitrogens is 1. The summed E-state index contributed by atoms with van der Waals surface area (Å²) in [5, 5.41) is 7.56. The van der Waals surface area contributed by atoms with Crippen LogP contribution in [0.4, 0.5) is 0 Å². The molecular formula is C24H25ClN2O2. The summed E-state index contributed by atoms with van der Waals surface area (Å²) >= 11 is 6.20. The molecule has 0 aliphatic carbocycles. The predicted molar refractivity (Wildman–Crippen MR) is 118 cm³/mol. The summed E-state index contributed by atoms with van der Waals surface area (Å²) in [5.41, 5.74) is 4.67. The molecule has 1 amide bonds. The van der Waals surface area contributed by atoms with Crippen molar-refractivity contribution in [2.45, 2.75) is 33.1 Å². The van der Waals surface area contributed by atoms with Crippen LogP contribution in [-0.4, -0.2) is 17.6 Å². The first-order valence-corrected chi connectivity index (χ1v) is 10.2. The van der Waals surface area contributed by atoms with E-state index in [2.05, 4.69) is 30.4 Å². The number of rotatable bonds is 8. The number of allylic oxidation sites excluding steroid dienone is 1. The number of nitrogens with zero attached hydrogens (tertiary/aromatic N) is 1. The van der Waals surface area contributed by atoms with Crippen molar-refractivity contribution in [1.29, 1.82) is 0 Å². The zero-order valence-electron chi connectivity index (χ0n) is 16.7. The molecule has 3 aromatic rings. The molecule has 0 spiro atoms. The number of benzene rings is 2. The van der Waals surface area contributed by atoms with Gasteiger partial charge in [-0.1, -0.05) is 72.6 Å². The second-order valence-electron chi connectivity index (χ2n) is 6.93. The van der Waals surface area contributed by atoms with Crippen LogP contribution >= 0.6 is 11.6 Å². The van der Waals surface area contributed by atoms with Crippen molar-refractivity contribution in [3.05, 3.63) is 82.5 Å². The number of nitrogens with one attached hydrogen (secondary N) is 1. The molecule has 1 aromatic heterocycles. The molecule has 3 rings (SSSR count). The summed E-state index contributed by atoms with van der Waals surface area (Å²) in [7, 11) is 0. The van der Waals surface area contributed by atoms with E-state index in [4.69, 9.17) is 16.1 Å². The van der Waals surface area contributed by atoms with Crippen LogP contribution in [0.25, 0.3) is 16.9 Å². The summed E-state index contributed by atoms with van der Waals surface area (Å²) in [6.07, 6.45) is 5.00. The summed E-state index contributed by atoms with van der Waals surface area (Å²) in [4.78, 5) is 12.5. The first-order chi connectivity index (χ1) is 14.1. The highest BCUT2D eigenvalue weighted by Gasteiger charge is 2.14. The molecule has 150 valence electrons. The van der Waals surface area contributed by atoms with Gasteiger partial charge in [-0.05, 0) is 48.6 Å². The molecule has 29 heavy (non-hydrogen) atoms. The third kappa shape index (κ3) is 5.58. The Bertz CT molecular complexity index is 993. The lowest BCUT2D eigenvalue weighted by molar-refractivity contribution is 0.0945. The van der Waals surface area contributed by atoms with E-state index in [1.165, 1.54) is 11.1 Å². The van der Waals surface area contributed by atoms with Gasteiger partial charge in [0.2, 0.25) is 0 Å². The zero-order chi connectivity index (χ0) is 20.6. The fourth-order valence-electron chi connectivity index (χ4n) is 3.13. The van der Waals surface area contributed by atoms with Crippen molar-refractivity contribution in [3.63, 3.8) is 0 Å². The Kier molecular flexibility index (Phi) is 7.25. The molecule has 0 bridgehead atoms. The topological polar surface area (TPSA) is 55.1 Å². The number of halogens is 1. The third-order valence-electron chi connectivity index (χ3n) is 4.71. The number of carbonyl (C=O) groups excluding carboxylic acids is 1. The number of unbranched alkanes of at least 4 members (excludes halogenated alkanes) is 1. The monoisotopic (exact) mass is 408 g/mol. The summed E-state index contributed by atoms with van der Waals surface area (Å²) in [6.45, 7) is 4.73. The van der Waals surface area contributed by atoms with Gasteiger partial charge in [-0.15, -0.1) is 0 Å². The van der Waals surface area contributed by atoms with E-state index in [1.54, 1.807) is 6.07 Å². The van der Waals surface area contributed by atoms with Gasteiger partial charge in [-0.2, -0.15) is 0 Å². The van der Waals surface area contributed by atoms with Crippen LogP contribution in [0, 0.1) is 6.92 Å². The lowest BCUT2D eigenvalue weighted by Crippen LogP contribution is -2.24. The standard InChI is InChI=1S/C24H25ClN2O2/c1-3-4-8-18(21-15-20(25)12-11-17(21)2)13-14-26-24(28)22-16-23(29-27-22)19-9-6-5-7-10-19/h5-12,15-16H,3-4,13-14H2,1-2H3,(H,26,28)/b18-8-. The van der Waals surface area contributed by atoms with E-state index in [1.807, 2.05) is 48.5 Å². The third-order valence-corrected chi connectivity index (χ3v) is 4.94. The van der Waals surface area contributed by atoms with Gasteiger partial charge in [0, 0.05) is 23.2 Å². The molecule has 1 N–H and O–H groups in total. The van der Waals surface area contributed by atoms with Gasteiger partial charge in [0.1, 0.15) is 0 Å². The summed E-state index contributed by atoms with van der Waals surface area (Å²) < 4.78 is 5.31. The molecule has 0 unspecified atom stereocenters. The predicted octanol–water partition coefficient (Wildman–Crippen LogP) is 6.31. The average molecular weight is 409 g/mol. The van der Waals surface area contributed by atoms with Gasteiger partial charge in [0.25, 0.3) is 5.91 Å². The minimum Gasteiger partial charge on any atom is -0.355 e. The molecule has 5 heteroatoms. The van der Waals surface area contributed by atoms with E-state index >= 15 is 0 Å². The van der Waals surface area contributed by atoms with Crippen molar-refractivity contribution in [1.82, 2.24) is 10.5 Å². The summed E-state index contributed by atoms with van der Waals surface area (Å²) in [6, 6.07) is 17.2. The number of hydrogen-bond donors (Lipinski definition) is 1. The molecule has 0 saturated heterocycles. The Labute approximate surface area is 176 Å². The molecule has 0 fully saturated rings. The highest BCUT2D eigenvalue weighted by Crippen LogP contribution is 2.26. The first-order valence-electron chi connectivity index (χ1n) is 9.84. The zero-order valence-corrected chi connectivity index (χ0v) is 17.5.